The molecule has 9 nitrogen and oxygen atoms in total. The average molecular weight is 427 g/mol. The summed E-state index contributed by atoms with van der Waals surface area (Å²) in [5, 5.41) is 4.48. The van der Waals surface area contributed by atoms with Crippen LogP contribution in [0, 0.1) is 0 Å². The number of pyridine rings is 1. The third-order valence-electron chi connectivity index (χ3n) is 5.23. The number of aryl methyl sites for hydroxylation is 1. The van der Waals surface area contributed by atoms with Gasteiger partial charge in [0.1, 0.15) is 5.82 Å². The highest BCUT2D eigenvalue weighted by atomic mass is 16.2. The van der Waals surface area contributed by atoms with Crippen molar-refractivity contribution in [2.75, 3.05) is 0 Å². The molecule has 4 heterocycles. The summed E-state index contributed by atoms with van der Waals surface area (Å²) in [6.07, 6.45) is 7.62. The molecule has 1 aromatic carbocycles. The van der Waals surface area contributed by atoms with Crippen LogP contribution in [0.5, 0.6) is 0 Å². The van der Waals surface area contributed by atoms with E-state index >= 15 is 0 Å². The van der Waals surface area contributed by atoms with Crippen LogP contribution in [0.25, 0.3) is 28.2 Å². The highest BCUT2D eigenvalue weighted by Gasteiger charge is 2.21. The van der Waals surface area contributed by atoms with Crippen LogP contribution in [0.1, 0.15) is 18.9 Å². The summed E-state index contributed by atoms with van der Waals surface area (Å²) in [4.78, 5) is 36.8. The van der Waals surface area contributed by atoms with Crippen LogP contribution in [-0.4, -0.2) is 33.9 Å². The third kappa shape index (κ3) is 3.43. The van der Waals surface area contributed by atoms with Crippen molar-refractivity contribution in [3.8, 4) is 17.1 Å². The summed E-state index contributed by atoms with van der Waals surface area (Å²) in [6, 6.07) is 13.5. The van der Waals surface area contributed by atoms with Crippen molar-refractivity contribution in [3.05, 3.63) is 93.7 Å². The molecule has 9 heteroatoms. The highest BCUT2D eigenvalue weighted by Crippen LogP contribution is 2.24. The summed E-state index contributed by atoms with van der Waals surface area (Å²) >= 11 is 0. The summed E-state index contributed by atoms with van der Waals surface area (Å²) in [6.45, 7) is 3.22. The molecule has 0 aliphatic carbocycles. The van der Waals surface area contributed by atoms with Gasteiger partial charge in [-0.2, -0.15) is 5.10 Å². The van der Waals surface area contributed by atoms with E-state index in [1.807, 2.05) is 52.7 Å². The lowest BCUT2D eigenvalue weighted by atomic mass is 10.2. The minimum absolute atomic E-state index is 0.297. The van der Waals surface area contributed by atoms with Crippen molar-refractivity contribution in [1.82, 2.24) is 33.9 Å². The molecule has 0 radical (unpaired) electrons. The quantitative estimate of drug-likeness (QED) is 0.449. The van der Waals surface area contributed by atoms with Gasteiger partial charge in [-0.1, -0.05) is 37.3 Å². The van der Waals surface area contributed by atoms with Gasteiger partial charge in [-0.3, -0.25) is 19.4 Å². The van der Waals surface area contributed by atoms with Gasteiger partial charge >= 0.3 is 5.69 Å². The van der Waals surface area contributed by atoms with Gasteiger partial charge in [0.15, 0.2) is 11.2 Å². The molecule has 0 saturated carbocycles. The SMILES string of the molecule is CCCn1c(-c2cnn(Cc3ccccc3)c2)nc2c1c(=O)[nH]c(=O)n2-c1cccnc1. The molecular formula is C23H21N7O2. The van der Waals surface area contributed by atoms with Crippen LogP contribution in [-0.2, 0) is 13.1 Å². The van der Waals surface area contributed by atoms with Gasteiger partial charge in [0.25, 0.3) is 5.56 Å². The van der Waals surface area contributed by atoms with E-state index in [4.69, 9.17) is 4.98 Å². The van der Waals surface area contributed by atoms with Gasteiger partial charge < -0.3 is 4.57 Å². The average Bonchev–Trinajstić information content (AvgIpc) is 3.40. The molecule has 5 rings (SSSR count). The van der Waals surface area contributed by atoms with Crippen LogP contribution in [0.15, 0.2) is 76.8 Å². The van der Waals surface area contributed by atoms with E-state index in [-0.39, 0.29) is 0 Å². The topological polar surface area (TPSA) is 103 Å². The first-order valence-corrected chi connectivity index (χ1v) is 10.4. The molecule has 0 aliphatic rings. The molecule has 0 spiro atoms. The number of aromatic amines is 1. The molecule has 160 valence electrons. The van der Waals surface area contributed by atoms with Crippen LogP contribution in [0.3, 0.4) is 0 Å². The lowest BCUT2D eigenvalue weighted by Crippen LogP contribution is -2.30. The third-order valence-corrected chi connectivity index (χ3v) is 5.23. The van der Waals surface area contributed by atoms with Gasteiger partial charge in [0, 0.05) is 18.9 Å². The molecule has 4 aromatic heterocycles. The number of hydrogen-bond acceptors (Lipinski definition) is 5. The number of H-pyrrole nitrogens is 1. The zero-order valence-electron chi connectivity index (χ0n) is 17.5. The fraction of sp³-hybridized carbons (Fsp3) is 0.174. The number of nitrogens with one attached hydrogen (secondary N) is 1. The summed E-state index contributed by atoms with van der Waals surface area (Å²) in [7, 11) is 0. The van der Waals surface area contributed by atoms with E-state index in [2.05, 4.69) is 15.1 Å². The van der Waals surface area contributed by atoms with Crippen LogP contribution in [0.2, 0.25) is 0 Å². The van der Waals surface area contributed by atoms with E-state index in [1.165, 1.54) is 4.57 Å². The Bertz CT molecular complexity index is 1490. The summed E-state index contributed by atoms with van der Waals surface area (Å²) in [5.41, 5.74) is 2.07. The largest absolute Gasteiger partial charge is 0.334 e. The predicted molar refractivity (Wildman–Crippen MR) is 121 cm³/mol. The Balaban J connectivity index is 1.69. The van der Waals surface area contributed by atoms with Crippen molar-refractivity contribution >= 4 is 11.2 Å². The fourth-order valence-corrected chi connectivity index (χ4v) is 3.85. The Labute approximate surface area is 182 Å². The number of nitrogens with zero attached hydrogens (tertiary/aromatic N) is 6. The minimum atomic E-state index is -0.553. The zero-order valence-corrected chi connectivity index (χ0v) is 17.5. The van der Waals surface area contributed by atoms with Crippen molar-refractivity contribution in [2.45, 2.75) is 26.4 Å². The summed E-state index contributed by atoms with van der Waals surface area (Å²) < 4.78 is 5.07. The molecule has 0 unspecified atom stereocenters. The Morgan fingerprint density at radius 1 is 1.03 bits per heavy atom. The molecule has 0 saturated heterocycles. The molecule has 5 aromatic rings. The standard InChI is InChI=1S/C23H21N7O2/c1-2-11-29-19-21(30(23(32)27-22(19)31)18-9-6-10-24-13-18)26-20(29)17-12-25-28(15-17)14-16-7-4-3-5-8-16/h3-10,12-13,15H,2,11,14H2,1H3,(H,27,31,32). The second-order valence-corrected chi connectivity index (χ2v) is 7.48. The van der Waals surface area contributed by atoms with Gasteiger partial charge in [-0.05, 0) is 24.1 Å². The van der Waals surface area contributed by atoms with Gasteiger partial charge in [-0.25, -0.2) is 14.3 Å². The number of imidazole rings is 1. The lowest BCUT2D eigenvalue weighted by Gasteiger charge is -2.07. The van der Waals surface area contributed by atoms with Crippen molar-refractivity contribution in [3.63, 3.8) is 0 Å². The maximum absolute atomic E-state index is 12.8. The number of benzene rings is 1. The first kappa shape index (κ1) is 19.7. The maximum Gasteiger partial charge on any atom is 0.334 e. The number of rotatable bonds is 6. The predicted octanol–water partition coefficient (Wildman–Crippen LogP) is 2.59. The van der Waals surface area contributed by atoms with Crippen LogP contribution >= 0.6 is 0 Å². The molecule has 0 aliphatic heterocycles. The second-order valence-electron chi connectivity index (χ2n) is 7.48. The van der Waals surface area contributed by atoms with Gasteiger partial charge in [0.05, 0.1) is 30.2 Å². The van der Waals surface area contributed by atoms with Crippen LogP contribution in [0.4, 0.5) is 0 Å². The molecule has 0 amide bonds. The lowest BCUT2D eigenvalue weighted by molar-refractivity contribution is 0.686. The van der Waals surface area contributed by atoms with Gasteiger partial charge in [-0.15, -0.1) is 0 Å². The smallest absolute Gasteiger partial charge is 0.318 e. The van der Waals surface area contributed by atoms with E-state index in [9.17, 15) is 9.59 Å². The molecule has 1 N–H and O–H groups in total. The van der Waals surface area contributed by atoms with E-state index < -0.39 is 11.2 Å². The first-order chi connectivity index (χ1) is 15.7. The Kier molecular flexibility index (Phi) is 4.98. The number of hydrogen-bond donors (Lipinski definition) is 1. The number of aromatic nitrogens is 7. The first-order valence-electron chi connectivity index (χ1n) is 10.4. The van der Waals surface area contributed by atoms with Crippen molar-refractivity contribution in [2.24, 2.45) is 0 Å². The summed E-state index contributed by atoms with van der Waals surface area (Å²) in [5.74, 6) is 0.593. The Morgan fingerprint density at radius 2 is 1.88 bits per heavy atom. The van der Waals surface area contributed by atoms with Gasteiger partial charge in [0.2, 0.25) is 0 Å². The zero-order chi connectivity index (χ0) is 22.1. The van der Waals surface area contributed by atoms with E-state index in [0.717, 1.165) is 17.5 Å². The minimum Gasteiger partial charge on any atom is -0.318 e. The van der Waals surface area contributed by atoms with E-state index in [1.54, 1.807) is 30.7 Å². The van der Waals surface area contributed by atoms with Crippen molar-refractivity contribution in [1.29, 1.82) is 0 Å². The molecule has 0 fully saturated rings. The van der Waals surface area contributed by atoms with Crippen molar-refractivity contribution < 1.29 is 0 Å². The normalized spacial score (nSPS) is 11.3. The maximum atomic E-state index is 12.8. The van der Waals surface area contributed by atoms with Crippen LogP contribution < -0.4 is 11.2 Å². The fourth-order valence-electron chi connectivity index (χ4n) is 3.85. The second kappa shape index (κ2) is 8.10. The monoisotopic (exact) mass is 427 g/mol. The van der Waals surface area contributed by atoms with E-state index in [0.29, 0.717) is 35.8 Å². The highest BCUT2D eigenvalue weighted by molar-refractivity contribution is 5.78. The Hall–Kier alpha value is -4.27. The molecule has 0 atom stereocenters. The molecular weight excluding hydrogens is 406 g/mol. The molecule has 32 heavy (non-hydrogen) atoms. The molecule has 0 bridgehead atoms. The Morgan fingerprint density at radius 3 is 2.62 bits per heavy atom. The number of fused-ring (bicyclic) bond motifs is 1.